The number of rotatable bonds is 9. The maximum Gasteiger partial charge on any atom is 0.328 e. The highest BCUT2D eigenvalue weighted by Crippen LogP contribution is 2.44. The predicted molar refractivity (Wildman–Crippen MR) is 81.8 cm³/mol. The second kappa shape index (κ2) is 8.65. The lowest BCUT2D eigenvalue weighted by atomic mass is 10.2. The van der Waals surface area contributed by atoms with E-state index in [1.54, 1.807) is 0 Å². The van der Waals surface area contributed by atoms with Gasteiger partial charge in [0.1, 0.15) is 12.1 Å². The minimum atomic E-state index is -3.82. The van der Waals surface area contributed by atoms with Crippen molar-refractivity contribution in [2.45, 2.75) is 64.5 Å². The minimum absolute atomic E-state index is 0.0208. The van der Waals surface area contributed by atoms with Crippen LogP contribution in [0.5, 0.6) is 0 Å². The fourth-order valence-corrected chi connectivity index (χ4v) is 3.92. The summed E-state index contributed by atoms with van der Waals surface area (Å²) in [4.78, 5) is 34.3. The van der Waals surface area contributed by atoms with Gasteiger partial charge in [0.25, 0.3) is 5.91 Å². The molecule has 0 aromatic heterocycles. The summed E-state index contributed by atoms with van der Waals surface area (Å²) in [5, 5.41) is 9.07. The highest BCUT2D eigenvalue weighted by atomic mass is 31.2. The molecule has 1 heterocycles. The standard InChI is InChI=1S/C14H26NO6P/c1-3-4-5-6-10-22(19,20)21-11(2)13(16)15-9-7-8-12(15)14(17)18/h11-12H,3-10H2,1-2H3,(H,17,18)(H,19,20)/t11-,12-/m0/s1. The van der Waals surface area contributed by atoms with Crippen LogP contribution in [0.25, 0.3) is 0 Å². The molecule has 2 N–H and O–H groups in total. The molecular formula is C14H26NO6P. The average Bonchev–Trinajstić information content (AvgIpc) is 2.91. The fraction of sp³-hybridized carbons (Fsp3) is 0.857. The van der Waals surface area contributed by atoms with Gasteiger partial charge in [-0.1, -0.05) is 26.2 Å². The van der Waals surface area contributed by atoms with Crippen LogP contribution in [0.4, 0.5) is 0 Å². The second-order valence-corrected chi connectivity index (χ2v) is 7.63. The van der Waals surface area contributed by atoms with Crippen molar-refractivity contribution in [2.24, 2.45) is 0 Å². The van der Waals surface area contributed by atoms with E-state index in [0.717, 1.165) is 19.3 Å². The summed E-state index contributed by atoms with van der Waals surface area (Å²) in [5.74, 6) is -1.59. The molecule has 1 aliphatic heterocycles. The van der Waals surface area contributed by atoms with Crippen molar-refractivity contribution in [1.29, 1.82) is 0 Å². The summed E-state index contributed by atoms with van der Waals surface area (Å²) in [7, 11) is -3.82. The third-order valence-electron chi connectivity index (χ3n) is 3.79. The second-order valence-electron chi connectivity index (χ2n) is 5.70. The lowest BCUT2D eigenvalue weighted by Gasteiger charge is -2.26. The molecule has 128 valence electrons. The van der Waals surface area contributed by atoms with Crippen LogP contribution >= 0.6 is 7.60 Å². The van der Waals surface area contributed by atoms with E-state index in [1.165, 1.54) is 11.8 Å². The Morgan fingerprint density at radius 1 is 1.36 bits per heavy atom. The summed E-state index contributed by atoms with van der Waals surface area (Å²) < 4.78 is 17.0. The summed E-state index contributed by atoms with van der Waals surface area (Å²) in [5.41, 5.74) is 0. The van der Waals surface area contributed by atoms with Crippen LogP contribution in [0.15, 0.2) is 0 Å². The van der Waals surface area contributed by atoms with E-state index in [9.17, 15) is 19.0 Å². The molecule has 7 nitrogen and oxygen atoms in total. The summed E-state index contributed by atoms with van der Waals surface area (Å²) in [6.07, 6.45) is 3.36. The van der Waals surface area contributed by atoms with Gasteiger partial charge in [-0.15, -0.1) is 0 Å². The Bertz CT molecular complexity index is 441. The van der Waals surface area contributed by atoms with E-state index in [1.807, 2.05) is 6.92 Å². The number of carboxylic acid groups (broad SMARTS) is 1. The van der Waals surface area contributed by atoms with Crippen molar-refractivity contribution in [2.75, 3.05) is 12.7 Å². The van der Waals surface area contributed by atoms with Gasteiger partial charge in [-0.2, -0.15) is 0 Å². The first kappa shape index (κ1) is 19.1. The molecule has 22 heavy (non-hydrogen) atoms. The van der Waals surface area contributed by atoms with E-state index < -0.39 is 31.6 Å². The lowest BCUT2D eigenvalue weighted by molar-refractivity contribution is -0.151. The van der Waals surface area contributed by atoms with Gasteiger partial charge in [-0.25, -0.2) is 4.79 Å². The number of carbonyl (C=O) groups is 2. The number of unbranched alkanes of at least 4 members (excludes halogenated alkanes) is 3. The zero-order valence-corrected chi connectivity index (χ0v) is 14.1. The van der Waals surface area contributed by atoms with Crippen LogP contribution in [0.1, 0.15) is 52.4 Å². The minimum Gasteiger partial charge on any atom is -0.480 e. The molecular weight excluding hydrogens is 309 g/mol. The maximum atomic E-state index is 12.2. The molecule has 0 bridgehead atoms. The Balaban J connectivity index is 2.52. The predicted octanol–water partition coefficient (Wildman–Crippen LogP) is 2.23. The van der Waals surface area contributed by atoms with Crippen molar-refractivity contribution in [3.63, 3.8) is 0 Å². The molecule has 1 aliphatic rings. The Kier molecular flexibility index (Phi) is 7.53. The maximum absolute atomic E-state index is 12.2. The smallest absolute Gasteiger partial charge is 0.328 e. The van der Waals surface area contributed by atoms with Gasteiger partial charge in [0.05, 0.1) is 6.16 Å². The molecule has 0 saturated carbocycles. The zero-order chi connectivity index (χ0) is 16.8. The highest BCUT2D eigenvalue weighted by molar-refractivity contribution is 7.52. The first-order valence-corrected chi connectivity index (χ1v) is 9.58. The van der Waals surface area contributed by atoms with Crippen LogP contribution in [-0.2, 0) is 18.7 Å². The quantitative estimate of drug-likeness (QED) is 0.494. The van der Waals surface area contributed by atoms with Gasteiger partial charge >= 0.3 is 13.6 Å². The summed E-state index contributed by atoms with van der Waals surface area (Å²) in [6.45, 7) is 3.79. The SMILES string of the molecule is CCCCCCP(=O)(O)O[C@@H](C)C(=O)N1CCC[C@H]1C(=O)O. The van der Waals surface area contributed by atoms with Crippen LogP contribution in [0.2, 0.25) is 0 Å². The third-order valence-corrected chi connectivity index (χ3v) is 5.31. The van der Waals surface area contributed by atoms with Crippen molar-refractivity contribution in [1.82, 2.24) is 4.90 Å². The van der Waals surface area contributed by atoms with E-state index >= 15 is 0 Å². The van der Waals surface area contributed by atoms with Crippen molar-refractivity contribution in [3.8, 4) is 0 Å². The largest absolute Gasteiger partial charge is 0.480 e. The molecule has 0 radical (unpaired) electrons. The Labute approximate surface area is 131 Å². The number of carbonyl (C=O) groups excluding carboxylic acids is 1. The van der Waals surface area contributed by atoms with Gasteiger partial charge < -0.3 is 14.9 Å². The number of likely N-dealkylation sites (tertiary alicyclic amines) is 1. The number of amides is 1. The number of carboxylic acids is 1. The van der Waals surface area contributed by atoms with E-state index in [2.05, 4.69) is 0 Å². The van der Waals surface area contributed by atoms with Gasteiger partial charge in [0.15, 0.2) is 0 Å². The third kappa shape index (κ3) is 5.71. The summed E-state index contributed by atoms with van der Waals surface area (Å²) in [6, 6.07) is -0.860. The first-order valence-electron chi connectivity index (χ1n) is 7.82. The molecule has 1 amide bonds. The van der Waals surface area contributed by atoms with Crippen molar-refractivity contribution >= 4 is 19.5 Å². The number of nitrogens with zero attached hydrogens (tertiary/aromatic N) is 1. The van der Waals surface area contributed by atoms with Crippen LogP contribution in [0, 0.1) is 0 Å². The lowest BCUT2D eigenvalue weighted by Crippen LogP contribution is -2.45. The van der Waals surface area contributed by atoms with Crippen LogP contribution < -0.4 is 0 Å². The molecule has 1 rings (SSSR count). The van der Waals surface area contributed by atoms with Crippen LogP contribution in [-0.4, -0.2) is 51.6 Å². The molecule has 0 aromatic rings. The zero-order valence-electron chi connectivity index (χ0n) is 13.2. The van der Waals surface area contributed by atoms with Gasteiger partial charge in [-0.05, 0) is 26.2 Å². The molecule has 0 spiro atoms. The Hall–Kier alpha value is -0.910. The Morgan fingerprint density at radius 3 is 2.64 bits per heavy atom. The molecule has 0 aromatic carbocycles. The number of hydrogen-bond donors (Lipinski definition) is 2. The van der Waals surface area contributed by atoms with Gasteiger partial charge in [-0.3, -0.25) is 13.9 Å². The molecule has 8 heteroatoms. The molecule has 1 fully saturated rings. The fourth-order valence-electron chi connectivity index (χ4n) is 2.60. The topological polar surface area (TPSA) is 104 Å². The normalized spacial score (nSPS) is 22.3. The molecule has 1 saturated heterocycles. The van der Waals surface area contributed by atoms with Crippen molar-refractivity contribution < 1.29 is 28.7 Å². The van der Waals surface area contributed by atoms with E-state index in [-0.39, 0.29) is 6.16 Å². The monoisotopic (exact) mass is 335 g/mol. The number of hydrogen-bond acceptors (Lipinski definition) is 4. The van der Waals surface area contributed by atoms with Gasteiger partial charge in [0, 0.05) is 6.54 Å². The highest BCUT2D eigenvalue weighted by Gasteiger charge is 2.37. The van der Waals surface area contributed by atoms with Gasteiger partial charge in [0.2, 0.25) is 0 Å². The van der Waals surface area contributed by atoms with E-state index in [4.69, 9.17) is 9.63 Å². The molecule has 0 aliphatic carbocycles. The number of aliphatic carboxylic acids is 1. The average molecular weight is 335 g/mol. The summed E-state index contributed by atoms with van der Waals surface area (Å²) >= 11 is 0. The molecule has 1 unspecified atom stereocenters. The molecule has 3 atom stereocenters. The first-order chi connectivity index (χ1) is 10.3. The van der Waals surface area contributed by atoms with E-state index in [0.29, 0.717) is 25.8 Å². The van der Waals surface area contributed by atoms with Crippen LogP contribution in [0.3, 0.4) is 0 Å². The van der Waals surface area contributed by atoms with Crippen molar-refractivity contribution in [3.05, 3.63) is 0 Å². The Morgan fingerprint density at radius 2 is 2.05 bits per heavy atom.